The van der Waals surface area contributed by atoms with Crippen LogP contribution in [-0.4, -0.2) is 24.4 Å². The quantitative estimate of drug-likeness (QED) is 0.843. The molecule has 0 bridgehead atoms. The van der Waals surface area contributed by atoms with E-state index in [1.807, 2.05) is 0 Å². The normalized spacial score (nSPS) is 13.0. The van der Waals surface area contributed by atoms with Crippen LogP contribution in [0.4, 0.5) is 8.78 Å². The Morgan fingerprint density at radius 2 is 1.61 bits per heavy atom. The van der Waals surface area contributed by atoms with Gasteiger partial charge in [0.15, 0.2) is 9.84 Å². The van der Waals surface area contributed by atoms with Gasteiger partial charge in [-0.1, -0.05) is 30.3 Å². The lowest BCUT2D eigenvalue weighted by Crippen LogP contribution is -2.17. The molecule has 2 N–H and O–H groups in total. The lowest BCUT2D eigenvalue weighted by atomic mass is 10.1. The first-order valence-corrected chi connectivity index (χ1v) is 8.65. The number of benzene rings is 2. The molecule has 0 amide bonds. The highest BCUT2D eigenvalue weighted by atomic mass is 32.2. The second kappa shape index (κ2) is 7.16. The van der Waals surface area contributed by atoms with E-state index in [0.717, 1.165) is 12.1 Å². The lowest BCUT2D eigenvalue weighted by Gasteiger charge is -2.13. The van der Waals surface area contributed by atoms with Crippen molar-refractivity contribution < 1.29 is 27.4 Å². The van der Waals surface area contributed by atoms with Crippen molar-refractivity contribution >= 4 is 9.84 Å². The molecule has 2 aromatic rings. The van der Waals surface area contributed by atoms with Crippen LogP contribution in [0.3, 0.4) is 0 Å². The standard InChI is InChI=1S/C16H16F2O4S/c17-13-5-6-14(15(18)7-13)16(20)10-23(21,22)9-12-3-1-11(8-19)2-4-12/h1-7,16,19-20H,8-10H2. The summed E-state index contributed by atoms with van der Waals surface area (Å²) in [7, 11) is -3.70. The fourth-order valence-electron chi connectivity index (χ4n) is 2.16. The molecule has 4 nitrogen and oxygen atoms in total. The molecule has 2 aromatic carbocycles. The van der Waals surface area contributed by atoms with Crippen molar-refractivity contribution in [1.82, 2.24) is 0 Å². The maximum Gasteiger partial charge on any atom is 0.157 e. The minimum absolute atomic E-state index is 0.143. The molecule has 1 atom stereocenters. The number of hydrogen-bond donors (Lipinski definition) is 2. The van der Waals surface area contributed by atoms with Gasteiger partial charge in [-0.25, -0.2) is 17.2 Å². The van der Waals surface area contributed by atoms with Crippen LogP contribution < -0.4 is 0 Å². The Labute approximate surface area is 132 Å². The molecule has 0 saturated carbocycles. The van der Waals surface area contributed by atoms with Gasteiger partial charge in [0.25, 0.3) is 0 Å². The van der Waals surface area contributed by atoms with E-state index in [1.54, 1.807) is 24.3 Å². The average molecular weight is 342 g/mol. The molecule has 0 aliphatic heterocycles. The predicted octanol–water partition coefficient (Wildman–Crippen LogP) is 2.11. The second-order valence-electron chi connectivity index (χ2n) is 5.21. The monoisotopic (exact) mass is 342 g/mol. The molecule has 0 aliphatic rings. The van der Waals surface area contributed by atoms with E-state index in [-0.39, 0.29) is 17.9 Å². The van der Waals surface area contributed by atoms with Crippen molar-refractivity contribution in [3.63, 3.8) is 0 Å². The maximum atomic E-state index is 13.6. The third-order valence-corrected chi connectivity index (χ3v) is 4.92. The largest absolute Gasteiger partial charge is 0.392 e. The minimum atomic E-state index is -3.70. The van der Waals surface area contributed by atoms with Gasteiger partial charge in [0, 0.05) is 11.6 Å². The molecule has 0 aromatic heterocycles. The van der Waals surface area contributed by atoms with Gasteiger partial charge in [0.1, 0.15) is 11.6 Å². The molecule has 0 fully saturated rings. The third-order valence-electron chi connectivity index (χ3n) is 3.33. The zero-order valence-electron chi connectivity index (χ0n) is 12.1. The Kier molecular flexibility index (Phi) is 5.46. The molecule has 0 heterocycles. The average Bonchev–Trinajstić information content (AvgIpc) is 2.46. The van der Waals surface area contributed by atoms with E-state index in [0.29, 0.717) is 17.2 Å². The molecule has 0 aliphatic carbocycles. The molecule has 0 saturated heterocycles. The van der Waals surface area contributed by atoms with Gasteiger partial charge in [-0.05, 0) is 17.2 Å². The smallest absolute Gasteiger partial charge is 0.157 e. The van der Waals surface area contributed by atoms with E-state index < -0.39 is 33.3 Å². The van der Waals surface area contributed by atoms with Crippen molar-refractivity contribution in [2.45, 2.75) is 18.5 Å². The van der Waals surface area contributed by atoms with Crippen molar-refractivity contribution in [2.75, 3.05) is 5.75 Å². The fraction of sp³-hybridized carbons (Fsp3) is 0.250. The highest BCUT2D eigenvalue weighted by molar-refractivity contribution is 7.90. The molecule has 124 valence electrons. The van der Waals surface area contributed by atoms with Crippen molar-refractivity contribution in [2.24, 2.45) is 0 Å². The minimum Gasteiger partial charge on any atom is -0.392 e. The summed E-state index contributed by atoms with van der Waals surface area (Å²) >= 11 is 0. The summed E-state index contributed by atoms with van der Waals surface area (Å²) < 4.78 is 50.6. The summed E-state index contributed by atoms with van der Waals surface area (Å²) in [6, 6.07) is 8.91. The Hall–Kier alpha value is -1.83. The van der Waals surface area contributed by atoms with Crippen LogP contribution in [0.25, 0.3) is 0 Å². The number of hydrogen-bond acceptors (Lipinski definition) is 4. The second-order valence-corrected chi connectivity index (χ2v) is 7.32. The Bertz CT molecular complexity index is 773. The van der Waals surface area contributed by atoms with Crippen LogP contribution in [0.1, 0.15) is 22.8 Å². The highest BCUT2D eigenvalue weighted by Crippen LogP contribution is 2.21. The summed E-state index contributed by atoms with van der Waals surface area (Å²) in [4.78, 5) is 0. The first kappa shape index (κ1) is 17.5. The van der Waals surface area contributed by atoms with Crippen LogP contribution >= 0.6 is 0 Å². The van der Waals surface area contributed by atoms with Crippen LogP contribution in [-0.2, 0) is 22.2 Å². The van der Waals surface area contributed by atoms with Crippen LogP contribution in [0.2, 0.25) is 0 Å². The summed E-state index contributed by atoms with van der Waals surface area (Å²) in [5, 5.41) is 18.9. The van der Waals surface area contributed by atoms with Gasteiger partial charge in [-0.3, -0.25) is 0 Å². The summed E-state index contributed by atoms with van der Waals surface area (Å²) in [5.41, 5.74) is 0.888. The lowest BCUT2D eigenvalue weighted by molar-refractivity contribution is 0.196. The summed E-state index contributed by atoms with van der Waals surface area (Å²) in [5.74, 6) is -2.78. The zero-order chi connectivity index (χ0) is 17.0. The molecule has 2 rings (SSSR count). The van der Waals surface area contributed by atoms with Gasteiger partial charge >= 0.3 is 0 Å². The summed E-state index contributed by atoms with van der Waals surface area (Å²) in [6.45, 7) is -0.143. The first-order chi connectivity index (χ1) is 10.8. The van der Waals surface area contributed by atoms with Gasteiger partial charge < -0.3 is 10.2 Å². The predicted molar refractivity (Wildman–Crippen MR) is 81.2 cm³/mol. The fourth-order valence-corrected chi connectivity index (χ4v) is 3.63. The maximum absolute atomic E-state index is 13.6. The van der Waals surface area contributed by atoms with E-state index in [4.69, 9.17) is 5.11 Å². The first-order valence-electron chi connectivity index (χ1n) is 6.83. The highest BCUT2D eigenvalue weighted by Gasteiger charge is 2.22. The number of sulfone groups is 1. The number of aliphatic hydroxyl groups is 2. The van der Waals surface area contributed by atoms with Gasteiger partial charge in [0.05, 0.1) is 24.2 Å². The van der Waals surface area contributed by atoms with Crippen LogP contribution in [0.5, 0.6) is 0 Å². The van der Waals surface area contributed by atoms with Crippen LogP contribution in [0, 0.1) is 11.6 Å². The van der Waals surface area contributed by atoms with E-state index in [2.05, 4.69) is 0 Å². The molecular formula is C16H16F2O4S. The van der Waals surface area contributed by atoms with Gasteiger partial charge in [-0.2, -0.15) is 0 Å². The Morgan fingerprint density at radius 1 is 1.00 bits per heavy atom. The van der Waals surface area contributed by atoms with Crippen LogP contribution in [0.15, 0.2) is 42.5 Å². The number of halogens is 2. The molecule has 23 heavy (non-hydrogen) atoms. The van der Waals surface area contributed by atoms with Crippen molar-refractivity contribution in [3.8, 4) is 0 Å². The molecule has 0 radical (unpaired) electrons. The molecular weight excluding hydrogens is 326 g/mol. The summed E-state index contributed by atoms with van der Waals surface area (Å²) in [6.07, 6.45) is -1.57. The van der Waals surface area contributed by atoms with Crippen molar-refractivity contribution in [3.05, 3.63) is 70.8 Å². The van der Waals surface area contributed by atoms with Gasteiger partial charge in [-0.15, -0.1) is 0 Å². The van der Waals surface area contributed by atoms with Crippen molar-refractivity contribution in [1.29, 1.82) is 0 Å². The Morgan fingerprint density at radius 3 is 2.17 bits per heavy atom. The third kappa shape index (κ3) is 4.82. The Balaban J connectivity index is 2.10. The molecule has 0 spiro atoms. The SMILES string of the molecule is O=S(=O)(Cc1ccc(CO)cc1)CC(O)c1ccc(F)cc1F. The number of rotatable bonds is 6. The van der Waals surface area contributed by atoms with E-state index in [9.17, 15) is 22.3 Å². The van der Waals surface area contributed by atoms with Gasteiger partial charge in [0.2, 0.25) is 0 Å². The molecule has 1 unspecified atom stereocenters. The topological polar surface area (TPSA) is 74.6 Å². The van der Waals surface area contributed by atoms with E-state index >= 15 is 0 Å². The van der Waals surface area contributed by atoms with E-state index in [1.165, 1.54) is 0 Å². The number of aliphatic hydroxyl groups excluding tert-OH is 2. The zero-order valence-corrected chi connectivity index (χ0v) is 12.9. The molecule has 7 heteroatoms.